The Kier molecular flexibility index (Phi) is 5.46. The zero-order chi connectivity index (χ0) is 20.4. The lowest BCUT2D eigenvalue weighted by molar-refractivity contribution is -0.0394. The van der Waals surface area contributed by atoms with Crippen molar-refractivity contribution in [1.29, 1.82) is 0 Å². The first kappa shape index (κ1) is 19.4. The van der Waals surface area contributed by atoms with E-state index in [1.165, 1.54) is 11.2 Å². The summed E-state index contributed by atoms with van der Waals surface area (Å²) in [7, 11) is 0. The van der Waals surface area contributed by atoms with Crippen molar-refractivity contribution in [2.75, 3.05) is 13.1 Å². The van der Waals surface area contributed by atoms with Gasteiger partial charge in [-0.3, -0.25) is 9.78 Å². The van der Waals surface area contributed by atoms with Crippen LogP contribution < -0.4 is 4.74 Å². The fraction of sp³-hybridized carbons (Fsp3) is 0.381. The number of β-amino-alcohol motifs (C(OH)–C–C–N with tert-alkyl or cyclic N) is 1. The maximum Gasteiger partial charge on any atom is 0.275 e. The number of rotatable bonds is 6. The van der Waals surface area contributed by atoms with Gasteiger partial charge in [0, 0.05) is 24.7 Å². The number of benzene rings is 1. The highest BCUT2D eigenvalue weighted by atomic mass is 16.5. The van der Waals surface area contributed by atoms with Crippen molar-refractivity contribution in [2.24, 2.45) is 0 Å². The maximum atomic E-state index is 12.7. The molecule has 29 heavy (non-hydrogen) atoms. The number of hydrogen-bond donors (Lipinski definition) is 1. The quantitative estimate of drug-likeness (QED) is 0.682. The Morgan fingerprint density at radius 3 is 2.97 bits per heavy atom. The summed E-state index contributed by atoms with van der Waals surface area (Å²) in [5.74, 6) is 0.599. The summed E-state index contributed by atoms with van der Waals surface area (Å²) in [6.07, 6.45) is 1.88. The van der Waals surface area contributed by atoms with Crippen molar-refractivity contribution in [2.45, 2.75) is 38.8 Å². The highest BCUT2D eigenvalue weighted by Crippen LogP contribution is 2.24. The van der Waals surface area contributed by atoms with Crippen molar-refractivity contribution < 1.29 is 23.8 Å². The monoisotopic (exact) mass is 397 g/mol. The third-order valence-electron chi connectivity index (χ3n) is 4.69. The van der Waals surface area contributed by atoms with Crippen molar-refractivity contribution in [3.63, 3.8) is 0 Å². The van der Waals surface area contributed by atoms with Gasteiger partial charge in [0.1, 0.15) is 23.6 Å². The van der Waals surface area contributed by atoms with Gasteiger partial charge in [-0.25, -0.2) is 4.98 Å². The first-order valence-corrected chi connectivity index (χ1v) is 9.55. The predicted octanol–water partition coefficient (Wildman–Crippen LogP) is 2.41. The Labute approximate surface area is 168 Å². The van der Waals surface area contributed by atoms with Crippen LogP contribution in [0.3, 0.4) is 0 Å². The van der Waals surface area contributed by atoms with E-state index in [0.717, 1.165) is 10.9 Å². The van der Waals surface area contributed by atoms with Gasteiger partial charge in [0.15, 0.2) is 12.3 Å². The molecule has 0 bridgehead atoms. The van der Waals surface area contributed by atoms with Gasteiger partial charge >= 0.3 is 0 Å². The Balaban J connectivity index is 1.40. The third kappa shape index (κ3) is 4.23. The minimum absolute atomic E-state index is 0.0240. The molecule has 0 aliphatic carbocycles. The van der Waals surface area contributed by atoms with Crippen molar-refractivity contribution in [1.82, 2.24) is 14.9 Å². The Morgan fingerprint density at radius 1 is 1.31 bits per heavy atom. The van der Waals surface area contributed by atoms with E-state index in [0.29, 0.717) is 12.3 Å². The van der Waals surface area contributed by atoms with Crippen LogP contribution in [0, 0.1) is 0 Å². The Bertz CT molecular complexity index is 997. The number of likely N-dealkylation sites (tertiary alicyclic amines) is 1. The lowest BCUT2D eigenvalue weighted by Gasteiger charge is -2.17. The zero-order valence-electron chi connectivity index (χ0n) is 16.3. The SMILES string of the molecule is CC(C)O[C@@H]1CN(C(=O)c2coc(COc3cccc4cccnc34)n2)C[C@H]1O. The van der Waals surface area contributed by atoms with E-state index in [1.807, 2.05) is 44.2 Å². The van der Waals surface area contributed by atoms with Crippen LogP contribution >= 0.6 is 0 Å². The molecule has 152 valence electrons. The van der Waals surface area contributed by atoms with Crippen LogP contribution in [0.4, 0.5) is 0 Å². The number of hydrogen-bond acceptors (Lipinski definition) is 7. The summed E-state index contributed by atoms with van der Waals surface area (Å²) in [4.78, 5) is 22.8. The molecule has 0 radical (unpaired) electrons. The van der Waals surface area contributed by atoms with Crippen LogP contribution in [0.5, 0.6) is 5.75 Å². The van der Waals surface area contributed by atoms with E-state index in [4.69, 9.17) is 13.9 Å². The number of amides is 1. The largest absolute Gasteiger partial charge is 0.482 e. The van der Waals surface area contributed by atoms with Crippen molar-refractivity contribution in [3.05, 3.63) is 54.4 Å². The molecule has 2 atom stereocenters. The van der Waals surface area contributed by atoms with Crippen LogP contribution in [-0.4, -0.2) is 57.3 Å². The molecule has 0 spiro atoms. The minimum Gasteiger partial charge on any atom is -0.482 e. The molecular formula is C21H23N3O5. The van der Waals surface area contributed by atoms with Gasteiger partial charge in [-0.1, -0.05) is 18.2 Å². The third-order valence-corrected chi connectivity index (χ3v) is 4.69. The van der Waals surface area contributed by atoms with Gasteiger partial charge in [0.05, 0.1) is 12.2 Å². The highest BCUT2D eigenvalue weighted by molar-refractivity contribution is 5.92. The topological polar surface area (TPSA) is 97.9 Å². The van der Waals surface area contributed by atoms with Crippen molar-refractivity contribution >= 4 is 16.8 Å². The number of ether oxygens (including phenoxy) is 2. The number of aromatic nitrogens is 2. The fourth-order valence-corrected chi connectivity index (χ4v) is 3.38. The van der Waals surface area contributed by atoms with E-state index in [1.54, 1.807) is 6.20 Å². The Morgan fingerprint density at radius 2 is 2.14 bits per heavy atom. The van der Waals surface area contributed by atoms with Crippen LogP contribution in [0.25, 0.3) is 10.9 Å². The van der Waals surface area contributed by atoms with Gasteiger partial charge in [0.2, 0.25) is 5.89 Å². The normalized spacial score (nSPS) is 19.2. The molecule has 1 aromatic carbocycles. The zero-order valence-corrected chi connectivity index (χ0v) is 16.3. The minimum atomic E-state index is -0.713. The second-order valence-electron chi connectivity index (χ2n) is 7.25. The summed E-state index contributed by atoms with van der Waals surface area (Å²) in [6.45, 7) is 4.39. The maximum absolute atomic E-state index is 12.7. The molecule has 1 amide bonds. The number of oxazole rings is 1. The summed E-state index contributed by atoms with van der Waals surface area (Å²) in [5, 5.41) is 11.1. The molecule has 3 aromatic rings. The molecule has 0 unspecified atom stereocenters. The number of aliphatic hydroxyl groups is 1. The average Bonchev–Trinajstić information content (AvgIpc) is 3.32. The van der Waals surface area contributed by atoms with Crippen LogP contribution in [0.1, 0.15) is 30.2 Å². The molecule has 1 aliphatic heterocycles. The number of nitrogens with zero attached hydrogens (tertiary/aromatic N) is 3. The number of para-hydroxylation sites is 1. The van der Waals surface area contributed by atoms with Gasteiger partial charge in [-0.15, -0.1) is 0 Å². The second-order valence-corrected chi connectivity index (χ2v) is 7.25. The first-order valence-electron chi connectivity index (χ1n) is 9.55. The summed E-state index contributed by atoms with van der Waals surface area (Å²) >= 11 is 0. The predicted molar refractivity (Wildman–Crippen MR) is 104 cm³/mol. The molecule has 2 aromatic heterocycles. The molecule has 8 heteroatoms. The van der Waals surface area contributed by atoms with Crippen LogP contribution in [0.2, 0.25) is 0 Å². The molecule has 1 N–H and O–H groups in total. The molecule has 3 heterocycles. The summed E-state index contributed by atoms with van der Waals surface area (Å²) < 4.78 is 16.9. The number of fused-ring (bicyclic) bond motifs is 1. The van der Waals surface area contributed by atoms with E-state index in [2.05, 4.69) is 9.97 Å². The van der Waals surface area contributed by atoms with Gasteiger partial charge in [-0.05, 0) is 26.0 Å². The Hall–Kier alpha value is -2.97. The van der Waals surface area contributed by atoms with E-state index in [-0.39, 0.29) is 36.7 Å². The summed E-state index contributed by atoms with van der Waals surface area (Å²) in [6, 6.07) is 9.49. The van der Waals surface area contributed by atoms with E-state index < -0.39 is 12.2 Å². The highest BCUT2D eigenvalue weighted by Gasteiger charge is 2.36. The number of pyridine rings is 1. The van der Waals surface area contributed by atoms with E-state index in [9.17, 15) is 9.90 Å². The van der Waals surface area contributed by atoms with Gasteiger partial charge < -0.3 is 23.9 Å². The van der Waals surface area contributed by atoms with Crippen molar-refractivity contribution in [3.8, 4) is 5.75 Å². The molecule has 8 nitrogen and oxygen atoms in total. The molecule has 1 saturated heterocycles. The fourth-order valence-electron chi connectivity index (χ4n) is 3.38. The molecule has 1 fully saturated rings. The van der Waals surface area contributed by atoms with Crippen LogP contribution in [-0.2, 0) is 11.3 Å². The van der Waals surface area contributed by atoms with Gasteiger partial charge in [0.25, 0.3) is 5.91 Å². The van der Waals surface area contributed by atoms with Gasteiger partial charge in [-0.2, -0.15) is 0 Å². The molecular weight excluding hydrogens is 374 g/mol. The van der Waals surface area contributed by atoms with E-state index >= 15 is 0 Å². The molecule has 0 saturated carbocycles. The summed E-state index contributed by atoms with van der Waals surface area (Å²) in [5.41, 5.74) is 0.928. The number of carbonyl (C=O) groups is 1. The second kappa shape index (κ2) is 8.18. The smallest absolute Gasteiger partial charge is 0.275 e. The lowest BCUT2D eigenvalue weighted by atomic mass is 10.2. The number of aliphatic hydroxyl groups excluding tert-OH is 1. The molecule has 1 aliphatic rings. The standard InChI is InChI=1S/C21H23N3O5/c1-13(2)29-18-10-24(9-16(18)25)21(26)15-11-28-19(23-15)12-27-17-7-3-5-14-6-4-8-22-20(14)17/h3-8,11,13,16,18,25H,9-10,12H2,1-2H3/t16-,18-/m1/s1. The van der Waals surface area contributed by atoms with Crippen LogP contribution in [0.15, 0.2) is 47.2 Å². The number of carbonyl (C=O) groups excluding carboxylic acids is 1. The average molecular weight is 397 g/mol. The first-order chi connectivity index (χ1) is 14.0. The lowest BCUT2D eigenvalue weighted by Crippen LogP contribution is -2.31. The molecule has 4 rings (SSSR count).